The quantitative estimate of drug-likeness (QED) is 0.420. The first-order valence-electron chi connectivity index (χ1n) is 9.06. The molecule has 2 fully saturated rings. The molecular weight excluding hydrogens is 413 g/mol. The van der Waals surface area contributed by atoms with Gasteiger partial charge in [0.05, 0.1) is 6.10 Å². The summed E-state index contributed by atoms with van der Waals surface area (Å²) in [4.78, 5) is 4.62. The summed E-state index contributed by atoms with van der Waals surface area (Å²) in [5, 5.41) is 3.40. The molecule has 1 saturated heterocycles. The van der Waals surface area contributed by atoms with E-state index in [-0.39, 0.29) is 30.1 Å². The fourth-order valence-corrected chi connectivity index (χ4v) is 3.76. The Labute approximate surface area is 162 Å². The molecule has 0 radical (unpaired) electrons. The van der Waals surface area contributed by atoms with E-state index in [1.807, 2.05) is 6.07 Å². The van der Waals surface area contributed by atoms with Crippen LogP contribution in [0.5, 0.6) is 0 Å². The number of hydrogen-bond donors (Lipinski definition) is 2. The first-order valence-corrected chi connectivity index (χ1v) is 9.06. The molecule has 5 heteroatoms. The minimum Gasteiger partial charge on any atom is -0.373 e. The average molecular weight is 443 g/mol. The molecule has 4 nitrogen and oxygen atoms in total. The van der Waals surface area contributed by atoms with Crippen molar-refractivity contribution in [3.63, 3.8) is 0 Å². The van der Waals surface area contributed by atoms with Crippen LogP contribution in [0.4, 0.5) is 0 Å². The van der Waals surface area contributed by atoms with Crippen molar-refractivity contribution in [3.05, 3.63) is 35.9 Å². The number of hydrogen-bond acceptors (Lipinski definition) is 2. The van der Waals surface area contributed by atoms with Crippen LogP contribution in [0.1, 0.15) is 56.6 Å². The molecule has 1 aromatic carbocycles. The molecule has 24 heavy (non-hydrogen) atoms. The van der Waals surface area contributed by atoms with E-state index in [1.165, 1.54) is 37.7 Å². The number of halogens is 1. The number of aliphatic imine (C=N–C) groups is 1. The van der Waals surface area contributed by atoms with E-state index in [1.54, 1.807) is 0 Å². The van der Waals surface area contributed by atoms with Gasteiger partial charge in [-0.1, -0.05) is 49.6 Å². The van der Waals surface area contributed by atoms with Crippen LogP contribution < -0.4 is 11.1 Å². The maximum atomic E-state index is 6.10. The molecule has 1 saturated carbocycles. The smallest absolute Gasteiger partial charge is 0.188 e. The summed E-state index contributed by atoms with van der Waals surface area (Å²) >= 11 is 0. The third-order valence-electron chi connectivity index (χ3n) is 5.03. The third-order valence-corrected chi connectivity index (χ3v) is 5.03. The van der Waals surface area contributed by atoms with Gasteiger partial charge in [0.15, 0.2) is 5.96 Å². The lowest BCUT2D eigenvalue weighted by Gasteiger charge is -2.31. The molecule has 2 unspecified atom stereocenters. The minimum atomic E-state index is 0. The van der Waals surface area contributed by atoms with Crippen LogP contribution in [-0.2, 0) is 4.74 Å². The van der Waals surface area contributed by atoms with Crippen molar-refractivity contribution in [3.8, 4) is 0 Å². The molecule has 0 bridgehead atoms. The molecule has 0 aromatic heterocycles. The monoisotopic (exact) mass is 443 g/mol. The van der Waals surface area contributed by atoms with Crippen LogP contribution in [-0.4, -0.2) is 25.2 Å². The van der Waals surface area contributed by atoms with Crippen molar-refractivity contribution in [1.29, 1.82) is 0 Å². The Morgan fingerprint density at radius 3 is 2.58 bits per heavy atom. The number of benzene rings is 1. The summed E-state index contributed by atoms with van der Waals surface area (Å²) in [5.74, 6) is 1.02. The second-order valence-electron chi connectivity index (χ2n) is 6.81. The van der Waals surface area contributed by atoms with Crippen LogP contribution in [0.2, 0.25) is 0 Å². The highest BCUT2D eigenvalue weighted by atomic mass is 127. The van der Waals surface area contributed by atoms with E-state index in [4.69, 9.17) is 10.5 Å². The highest BCUT2D eigenvalue weighted by Crippen LogP contribution is 2.33. The number of nitrogens with two attached hydrogens (primary N) is 1. The molecule has 1 heterocycles. The highest BCUT2D eigenvalue weighted by molar-refractivity contribution is 14.0. The number of nitrogens with one attached hydrogen (secondary N) is 1. The number of ether oxygens (including phenoxy) is 1. The highest BCUT2D eigenvalue weighted by Gasteiger charge is 2.27. The zero-order valence-corrected chi connectivity index (χ0v) is 16.7. The Kier molecular flexibility index (Phi) is 8.32. The molecule has 134 valence electrons. The summed E-state index contributed by atoms with van der Waals surface area (Å²) in [7, 11) is 0. The van der Waals surface area contributed by atoms with Crippen LogP contribution in [0, 0.1) is 5.92 Å². The fourth-order valence-electron chi connectivity index (χ4n) is 3.76. The fraction of sp³-hybridized carbons (Fsp3) is 0.632. The molecule has 1 aliphatic carbocycles. The van der Waals surface area contributed by atoms with Gasteiger partial charge in [-0.05, 0) is 31.2 Å². The van der Waals surface area contributed by atoms with Crippen molar-refractivity contribution in [2.24, 2.45) is 16.6 Å². The van der Waals surface area contributed by atoms with Gasteiger partial charge in [0.25, 0.3) is 0 Å². The largest absolute Gasteiger partial charge is 0.373 e. The van der Waals surface area contributed by atoms with Gasteiger partial charge in [0.1, 0.15) is 0 Å². The maximum Gasteiger partial charge on any atom is 0.188 e. The predicted molar refractivity (Wildman–Crippen MR) is 110 cm³/mol. The van der Waals surface area contributed by atoms with E-state index in [9.17, 15) is 0 Å². The van der Waals surface area contributed by atoms with Gasteiger partial charge in [0, 0.05) is 25.1 Å². The first kappa shape index (κ1) is 19.5. The Balaban J connectivity index is 0.00000208. The topological polar surface area (TPSA) is 59.6 Å². The zero-order valence-electron chi connectivity index (χ0n) is 14.3. The van der Waals surface area contributed by atoms with Crippen molar-refractivity contribution < 1.29 is 4.74 Å². The molecule has 0 amide bonds. The standard InChI is InChI=1S/C19H29N3O.HI/c20-19(22-17-11-5-2-6-12-17)21-14-16-10-7-13-23-18(16)15-8-3-1-4-9-15;/h1,3-4,8-9,16-18H,2,5-7,10-14H2,(H3,20,21,22);1H. The van der Waals surface area contributed by atoms with Crippen molar-refractivity contribution in [2.45, 2.75) is 57.1 Å². The van der Waals surface area contributed by atoms with Gasteiger partial charge in [-0.3, -0.25) is 4.99 Å². The molecule has 0 spiro atoms. The Bertz CT molecular complexity index is 503. The van der Waals surface area contributed by atoms with E-state index in [0.717, 1.165) is 26.0 Å². The molecule has 2 atom stereocenters. The molecule has 3 N–H and O–H groups in total. The van der Waals surface area contributed by atoms with Crippen molar-refractivity contribution >= 4 is 29.9 Å². The van der Waals surface area contributed by atoms with Crippen LogP contribution in [0.3, 0.4) is 0 Å². The van der Waals surface area contributed by atoms with Gasteiger partial charge >= 0.3 is 0 Å². The summed E-state index contributed by atoms with van der Waals surface area (Å²) in [5.41, 5.74) is 7.36. The second-order valence-corrected chi connectivity index (χ2v) is 6.81. The average Bonchev–Trinajstić information content (AvgIpc) is 2.62. The molecule has 1 aliphatic heterocycles. The van der Waals surface area contributed by atoms with Crippen molar-refractivity contribution in [2.75, 3.05) is 13.2 Å². The number of guanidine groups is 1. The van der Waals surface area contributed by atoms with Gasteiger partial charge in [0.2, 0.25) is 0 Å². The van der Waals surface area contributed by atoms with Gasteiger partial charge in [-0.25, -0.2) is 0 Å². The Hall–Kier alpha value is -0.820. The lowest BCUT2D eigenvalue weighted by atomic mass is 9.89. The molecule has 1 aromatic rings. The first-order chi connectivity index (χ1) is 11.3. The lowest BCUT2D eigenvalue weighted by molar-refractivity contribution is -0.0250. The molecule has 3 rings (SSSR count). The van der Waals surface area contributed by atoms with E-state index < -0.39 is 0 Å². The zero-order chi connectivity index (χ0) is 15.9. The SMILES string of the molecule is I.NC(=NCC1CCCOC1c1ccccc1)NC1CCCCC1. The summed E-state index contributed by atoms with van der Waals surface area (Å²) in [6, 6.07) is 11.0. The van der Waals surface area contributed by atoms with Crippen molar-refractivity contribution in [1.82, 2.24) is 5.32 Å². The predicted octanol–water partition coefficient (Wildman–Crippen LogP) is 4.01. The minimum absolute atomic E-state index is 0. The number of nitrogens with zero attached hydrogens (tertiary/aromatic N) is 1. The number of rotatable bonds is 4. The van der Waals surface area contributed by atoms with Crippen LogP contribution in [0.25, 0.3) is 0 Å². The maximum absolute atomic E-state index is 6.10. The van der Waals surface area contributed by atoms with E-state index in [0.29, 0.717) is 17.9 Å². The second kappa shape index (κ2) is 10.2. The van der Waals surface area contributed by atoms with E-state index >= 15 is 0 Å². The summed E-state index contributed by atoms with van der Waals surface area (Å²) < 4.78 is 6.03. The Morgan fingerprint density at radius 2 is 1.83 bits per heavy atom. The summed E-state index contributed by atoms with van der Waals surface area (Å²) in [6.45, 7) is 1.58. The molecular formula is C19H30IN3O. The van der Waals surface area contributed by atoms with Crippen LogP contribution in [0.15, 0.2) is 35.3 Å². The van der Waals surface area contributed by atoms with Crippen LogP contribution >= 0.6 is 24.0 Å². The third kappa shape index (κ3) is 5.62. The van der Waals surface area contributed by atoms with Gasteiger partial charge in [-0.15, -0.1) is 24.0 Å². The lowest BCUT2D eigenvalue weighted by Crippen LogP contribution is -2.41. The van der Waals surface area contributed by atoms with Gasteiger partial charge in [-0.2, -0.15) is 0 Å². The Morgan fingerprint density at radius 1 is 1.08 bits per heavy atom. The molecule has 2 aliphatic rings. The normalized spacial score (nSPS) is 25.8. The van der Waals surface area contributed by atoms with E-state index in [2.05, 4.69) is 34.6 Å². The van der Waals surface area contributed by atoms with Gasteiger partial charge < -0.3 is 15.8 Å². The summed E-state index contributed by atoms with van der Waals surface area (Å²) in [6.07, 6.45) is 8.81.